The third-order valence-corrected chi connectivity index (χ3v) is 2.73. The predicted octanol–water partition coefficient (Wildman–Crippen LogP) is 1.57. The van der Waals surface area contributed by atoms with E-state index >= 15 is 0 Å². The molecule has 4 nitrogen and oxygen atoms in total. The molecule has 18 heavy (non-hydrogen) atoms. The third-order valence-electron chi connectivity index (χ3n) is 2.73. The average molecular weight is 251 g/mol. The third kappa shape index (κ3) is 5.19. The highest BCUT2D eigenvalue weighted by Gasteiger charge is 2.04. The molecular formula is C14H21NO3. The smallest absolute Gasteiger partial charge is 0.257 e. The second kappa shape index (κ2) is 7.01. The number of benzene rings is 1. The van der Waals surface area contributed by atoms with Crippen LogP contribution in [0.25, 0.3) is 0 Å². The molecule has 0 aliphatic rings. The molecule has 100 valence electrons. The minimum absolute atomic E-state index is 0.00229. The zero-order valence-corrected chi connectivity index (χ0v) is 11.2. The highest BCUT2D eigenvalue weighted by Crippen LogP contribution is 2.16. The molecule has 1 amide bonds. The van der Waals surface area contributed by atoms with Crippen molar-refractivity contribution < 1.29 is 14.6 Å². The van der Waals surface area contributed by atoms with E-state index in [1.54, 1.807) is 6.92 Å². The first kappa shape index (κ1) is 14.5. The van der Waals surface area contributed by atoms with Gasteiger partial charge in [0.1, 0.15) is 5.75 Å². The van der Waals surface area contributed by atoms with Gasteiger partial charge in [0.2, 0.25) is 0 Å². The van der Waals surface area contributed by atoms with Crippen molar-refractivity contribution in [2.24, 2.45) is 0 Å². The maximum atomic E-state index is 11.4. The predicted molar refractivity (Wildman–Crippen MR) is 70.7 cm³/mol. The van der Waals surface area contributed by atoms with E-state index in [9.17, 15) is 4.79 Å². The van der Waals surface area contributed by atoms with Crippen LogP contribution in [0.15, 0.2) is 18.2 Å². The van der Waals surface area contributed by atoms with Crippen LogP contribution >= 0.6 is 0 Å². The summed E-state index contributed by atoms with van der Waals surface area (Å²) in [6.45, 7) is 6.19. The van der Waals surface area contributed by atoms with E-state index in [0.29, 0.717) is 18.7 Å². The SMILES string of the molecule is Cc1ccc(OCC(=O)NCCC(C)O)cc1C. The number of aryl methyl sites for hydroxylation is 2. The minimum Gasteiger partial charge on any atom is -0.484 e. The van der Waals surface area contributed by atoms with Gasteiger partial charge in [-0.2, -0.15) is 0 Å². The van der Waals surface area contributed by atoms with Crippen LogP contribution in [0.1, 0.15) is 24.5 Å². The molecule has 4 heteroatoms. The number of aliphatic hydroxyl groups is 1. The molecule has 0 fully saturated rings. The Morgan fingerprint density at radius 3 is 2.72 bits per heavy atom. The fourth-order valence-electron chi connectivity index (χ4n) is 1.42. The molecule has 1 aromatic rings. The minimum atomic E-state index is -0.397. The van der Waals surface area contributed by atoms with Crippen LogP contribution in [-0.4, -0.2) is 30.3 Å². The maximum Gasteiger partial charge on any atom is 0.257 e. The number of aliphatic hydroxyl groups excluding tert-OH is 1. The van der Waals surface area contributed by atoms with E-state index in [0.717, 1.165) is 5.56 Å². The van der Waals surface area contributed by atoms with Crippen LogP contribution in [0, 0.1) is 13.8 Å². The van der Waals surface area contributed by atoms with E-state index in [2.05, 4.69) is 5.32 Å². The Labute approximate surface area is 108 Å². The van der Waals surface area contributed by atoms with Crippen molar-refractivity contribution in [3.05, 3.63) is 29.3 Å². The highest BCUT2D eigenvalue weighted by molar-refractivity contribution is 5.77. The molecule has 1 rings (SSSR count). The van der Waals surface area contributed by atoms with Crippen molar-refractivity contribution in [1.82, 2.24) is 5.32 Å². The van der Waals surface area contributed by atoms with Gasteiger partial charge >= 0.3 is 0 Å². The number of nitrogens with one attached hydrogen (secondary N) is 1. The molecule has 1 unspecified atom stereocenters. The number of hydrogen-bond donors (Lipinski definition) is 2. The number of carbonyl (C=O) groups is 1. The van der Waals surface area contributed by atoms with E-state index in [1.807, 2.05) is 32.0 Å². The van der Waals surface area contributed by atoms with Crippen LogP contribution in [0.2, 0.25) is 0 Å². The van der Waals surface area contributed by atoms with E-state index in [1.165, 1.54) is 5.56 Å². The van der Waals surface area contributed by atoms with E-state index < -0.39 is 6.10 Å². The van der Waals surface area contributed by atoms with Crippen molar-refractivity contribution in [3.63, 3.8) is 0 Å². The lowest BCUT2D eigenvalue weighted by Crippen LogP contribution is -2.31. The van der Waals surface area contributed by atoms with Crippen molar-refractivity contribution in [2.45, 2.75) is 33.3 Å². The Balaban J connectivity index is 2.31. The number of hydrogen-bond acceptors (Lipinski definition) is 3. The van der Waals surface area contributed by atoms with Crippen LogP contribution in [0.3, 0.4) is 0 Å². The van der Waals surface area contributed by atoms with Gasteiger partial charge in [-0.1, -0.05) is 6.07 Å². The fraction of sp³-hybridized carbons (Fsp3) is 0.500. The Kier molecular flexibility index (Phi) is 5.65. The lowest BCUT2D eigenvalue weighted by atomic mass is 10.1. The molecule has 0 spiro atoms. The van der Waals surface area contributed by atoms with Crippen molar-refractivity contribution in [2.75, 3.05) is 13.2 Å². The average Bonchev–Trinajstić information content (AvgIpc) is 2.30. The summed E-state index contributed by atoms with van der Waals surface area (Å²) < 4.78 is 5.39. The Morgan fingerprint density at radius 2 is 2.11 bits per heavy atom. The van der Waals surface area contributed by atoms with Crippen LogP contribution < -0.4 is 10.1 Å². The number of ether oxygens (including phenoxy) is 1. The summed E-state index contributed by atoms with van der Waals surface area (Å²) in [5, 5.41) is 11.7. The maximum absolute atomic E-state index is 11.4. The van der Waals surface area contributed by atoms with Crippen LogP contribution in [0.4, 0.5) is 0 Å². The summed E-state index contributed by atoms with van der Waals surface area (Å²) in [5.74, 6) is 0.526. The summed E-state index contributed by atoms with van der Waals surface area (Å²) in [7, 11) is 0. The summed E-state index contributed by atoms with van der Waals surface area (Å²) in [6.07, 6.45) is 0.154. The van der Waals surface area contributed by atoms with E-state index in [4.69, 9.17) is 9.84 Å². The Morgan fingerprint density at radius 1 is 1.39 bits per heavy atom. The summed E-state index contributed by atoms with van der Waals surface area (Å²) in [5.41, 5.74) is 2.34. The lowest BCUT2D eigenvalue weighted by Gasteiger charge is -2.09. The molecule has 0 heterocycles. The first-order chi connectivity index (χ1) is 8.49. The second-order valence-electron chi connectivity index (χ2n) is 4.52. The largest absolute Gasteiger partial charge is 0.484 e. The van der Waals surface area contributed by atoms with Gasteiger partial charge in [-0.25, -0.2) is 0 Å². The molecule has 2 N–H and O–H groups in total. The fourth-order valence-corrected chi connectivity index (χ4v) is 1.42. The monoisotopic (exact) mass is 251 g/mol. The summed E-state index contributed by atoms with van der Waals surface area (Å²) in [6, 6.07) is 5.74. The number of rotatable bonds is 6. The molecule has 0 bridgehead atoms. The quantitative estimate of drug-likeness (QED) is 0.807. The van der Waals surface area contributed by atoms with Gasteiger partial charge in [0, 0.05) is 6.54 Å². The van der Waals surface area contributed by atoms with Crippen molar-refractivity contribution >= 4 is 5.91 Å². The zero-order valence-electron chi connectivity index (χ0n) is 11.2. The number of carbonyl (C=O) groups excluding carboxylic acids is 1. The highest BCUT2D eigenvalue weighted by atomic mass is 16.5. The van der Waals surface area contributed by atoms with Gasteiger partial charge in [-0.05, 0) is 50.5 Å². The van der Waals surface area contributed by atoms with E-state index in [-0.39, 0.29) is 12.5 Å². The summed E-state index contributed by atoms with van der Waals surface area (Å²) >= 11 is 0. The molecule has 0 saturated heterocycles. The zero-order chi connectivity index (χ0) is 13.5. The van der Waals surface area contributed by atoms with Crippen molar-refractivity contribution in [1.29, 1.82) is 0 Å². The molecular weight excluding hydrogens is 230 g/mol. The van der Waals surface area contributed by atoms with Crippen molar-refractivity contribution in [3.8, 4) is 5.75 Å². The van der Waals surface area contributed by atoms with Gasteiger partial charge in [-0.15, -0.1) is 0 Å². The lowest BCUT2D eigenvalue weighted by molar-refractivity contribution is -0.123. The molecule has 0 aliphatic heterocycles. The van der Waals surface area contributed by atoms with Crippen LogP contribution in [0.5, 0.6) is 5.75 Å². The molecule has 1 aromatic carbocycles. The molecule has 1 atom stereocenters. The normalized spacial score (nSPS) is 12.0. The van der Waals surface area contributed by atoms with Gasteiger partial charge < -0.3 is 15.2 Å². The first-order valence-corrected chi connectivity index (χ1v) is 6.14. The molecule has 0 saturated carbocycles. The van der Waals surface area contributed by atoms with Gasteiger partial charge in [-0.3, -0.25) is 4.79 Å². The summed E-state index contributed by atoms with van der Waals surface area (Å²) in [4.78, 5) is 11.4. The molecule has 0 aromatic heterocycles. The van der Waals surface area contributed by atoms with Gasteiger partial charge in [0.05, 0.1) is 6.10 Å². The van der Waals surface area contributed by atoms with Crippen LogP contribution in [-0.2, 0) is 4.79 Å². The number of amides is 1. The Bertz CT molecular complexity index is 402. The standard InChI is InChI=1S/C14H21NO3/c1-10-4-5-13(8-11(10)2)18-9-14(17)15-7-6-12(3)16/h4-5,8,12,16H,6-7,9H2,1-3H3,(H,15,17). The first-order valence-electron chi connectivity index (χ1n) is 6.14. The Hall–Kier alpha value is -1.55. The molecule has 0 aliphatic carbocycles. The molecule has 0 radical (unpaired) electrons. The second-order valence-corrected chi connectivity index (χ2v) is 4.52. The van der Waals surface area contributed by atoms with Gasteiger partial charge in [0.15, 0.2) is 6.61 Å². The topological polar surface area (TPSA) is 58.6 Å². The van der Waals surface area contributed by atoms with Gasteiger partial charge in [0.25, 0.3) is 5.91 Å².